The summed E-state index contributed by atoms with van der Waals surface area (Å²) < 4.78 is 0.657. The first-order chi connectivity index (χ1) is 7.41. The molecule has 0 spiro atoms. The summed E-state index contributed by atoms with van der Waals surface area (Å²) in [4.78, 5) is 22.3. The second-order valence-electron chi connectivity index (χ2n) is 3.26. The van der Waals surface area contributed by atoms with E-state index < -0.39 is 17.9 Å². The Labute approximate surface area is 101 Å². The smallest absolute Gasteiger partial charge is 0.255 e. The molecule has 16 heavy (non-hydrogen) atoms. The number of nitrogens with one attached hydrogen (secondary N) is 1. The number of benzene rings is 1. The molecule has 0 heterocycles. The highest BCUT2D eigenvalue weighted by molar-refractivity contribution is 9.10. The Morgan fingerprint density at radius 2 is 2.12 bits per heavy atom. The average Bonchev–Trinajstić information content (AvgIpc) is 2.16. The monoisotopic (exact) mass is 286 g/mol. The van der Waals surface area contributed by atoms with Crippen LogP contribution in [0.3, 0.4) is 0 Å². The molecule has 0 aromatic heterocycles. The molecule has 1 aromatic carbocycles. The fraction of sp³-hybridized carbons (Fsp3) is 0.200. The molecule has 0 saturated heterocycles. The van der Waals surface area contributed by atoms with Gasteiger partial charge in [0.2, 0.25) is 5.91 Å². The number of phenolic OH excluding ortho intramolecular Hbond substituents is 1. The number of rotatable bonds is 3. The van der Waals surface area contributed by atoms with Crippen molar-refractivity contribution >= 4 is 27.7 Å². The van der Waals surface area contributed by atoms with E-state index in [4.69, 9.17) is 5.73 Å². The van der Waals surface area contributed by atoms with Gasteiger partial charge in [-0.1, -0.05) is 15.9 Å². The number of phenols is 1. The third-order valence-electron chi connectivity index (χ3n) is 1.98. The lowest BCUT2D eigenvalue weighted by Crippen LogP contribution is -2.42. The van der Waals surface area contributed by atoms with Crippen LogP contribution in [-0.2, 0) is 4.79 Å². The van der Waals surface area contributed by atoms with Gasteiger partial charge < -0.3 is 16.2 Å². The summed E-state index contributed by atoms with van der Waals surface area (Å²) >= 11 is 3.15. The van der Waals surface area contributed by atoms with Gasteiger partial charge in [-0.2, -0.15) is 0 Å². The number of aromatic hydroxyl groups is 1. The number of carbonyl (C=O) groups is 2. The van der Waals surface area contributed by atoms with E-state index in [1.165, 1.54) is 19.1 Å². The van der Waals surface area contributed by atoms with E-state index in [9.17, 15) is 14.7 Å². The molecule has 0 aliphatic heterocycles. The molecule has 1 atom stereocenters. The Bertz CT molecular complexity index is 434. The molecular weight excluding hydrogens is 276 g/mol. The van der Waals surface area contributed by atoms with Gasteiger partial charge in [-0.3, -0.25) is 9.59 Å². The largest absolute Gasteiger partial charge is 0.507 e. The summed E-state index contributed by atoms with van der Waals surface area (Å²) in [6, 6.07) is 3.67. The van der Waals surface area contributed by atoms with Crippen LogP contribution >= 0.6 is 15.9 Å². The molecule has 0 fully saturated rings. The molecule has 4 N–H and O–H groups in total. The van der Waals surface area contributed by atoms with Gasteiger partial charge in [0.15, 0.2) is 0 Å². The van der Waals surface area contributed by atoms with Crippen molar-refractivity contribution in [2.75, 3.05) is 0 Å². The minimum absolute atomic E-state index is 0.0938. The van der Waals surface area contributed by atoms with Gasteiger partial charge in [0.25, 0.3) is 5.91 Å². The van der Waals surface area contributed by atoms with Crippen molar-refractivity contribution in [3.63, 3.8) is 0 Å². The third-order valence-corrected chi connectivity index (χ3v) is 2.47. The van der Waals surface area contributed by atoms with Gasteiger partial charge in [-0.25, -0.2) is 0 Å². The van der Waals surface area contributed by atoms with Crippen molar-refractivity contribution in [3.05, 3.63) is 28.2 Å². The van der Waals surface area contributed by atoms with E-state index >= 15 is 0 Å². The van der Waals surface area contributed by atoms with E-state index in [1.54, 1.807) is 6.07 Å². The van der Waals surface area contributed by atoms with Gasteiger partial charge in [0.05, 0.1) is 5.56 Å². The Morgan fingerprint density at radius 1 is 1.50 bits per heavy atom. The normalized spacial score (nSPS) is 11.9. The standard InChI is InChI=1S/C10H11BrN2O3/c1-5(9(12)15)13-10(16)7-3-2-6(11)4-8(7)14/h2-5,14H,1H3,(H2,12,15)(H,13,16). The minimum Gasteiger partial charge on any atom is -0.507 e. The van der Waals surface area contributed by atoms with E-state index in [0.29, 0.717) is 4.47 Å². The number of amides is 2. The second-order valence-corrected chi connectivity index (χ2v) is 4.17. The number of carbonyl (C=O) groups excluding carboxylic acids is 2. The van der Waals surface area contributed by atoms with Gasteiger partial charge in [-0.05, 0) is 25.1 Å². The number of nitrogens with two attached hydrogens (primary N) is 1. The zero-order valence-electron chi connectivity index (χ0n) is 8.53. The van der Waals surface area contributed by atoms with Crippen LogP contribution in [0.2, 0.25) is 0 Å². The van der Waals surface area contributed by atoms with Crippen LogP contribution in [0.4, 0.5) is 0 Å². The summed E-state index contributed by atoms with van der Waals surface area (Å²) in [5.74, 6) is -1.34. The zero-order chi connectivity index (χ0) is 12.3. The molecule has 0 bridgehead atoms. The first kappa shape index (κ1) is 12.5. The Balaban J connectivity index is 2.85. The van der Waals surface area contributed by atoms with Crippen molar-refractivity contribution in [3.8, 4) is 5.75 Å². The molecule has 86 valence electrons. The molecule has 6 heteroatoms. The maximum absolute atomic E-state index is 11.6. The predicted octanol–water partition coefficient (Wildman–Crippen LogP) is 0.758. The first-order valence-corrected chi connectivity index (χ1v) is 5.30. The summed E-state index contributed by atoms with van der Waals surface area (Å²) in [6.07, 6.45) is 0. The SMILES string of the molecule is CC(NC(=O)c1ccc(Br)cc1O)C(N)=O. The zero-order valence-corrected chi connectivity index (χ0v) is 10.1. The van der Waals surface area contributed by atoms with Crippen molar-refractivity contribution in [1.29, 1.82) is 0 Å². The van der Waals surface area contributed by atoms with E-state index in [1.807, 2.05) is 0 Å². The lowest BCUT2D eigenvalue weighted by atomic mass is 10.1. The van der Waals surface area contributed by atoms with Crippen LogP contribution in [0.1, 0.15) is 17.3 Å². The van der Waals surface area contributed by atoms with E-state index in [0.717, 1.165) is 0 Å². The molecule has 2 amide bonds. The summed E-state index contributed by atoms with van der Waals surface area (Å²) in [5.41, 5.74) is 5.09. The van der Waals surface area contributed by atoms with Crippen LogP contribution in [0.5, 0.6) is 5.75 Å². The molecule has 0 aliphatic rings. The molecule has 1 rings (SSSR count). The predicted molar refractivity (Wildman–Crippen MR) is 61.9 cm³/mol. The molecule has 0 radical (unpaired) electrons. The summed E-state index contributed by atoms with van der Waals surface area (Å²) in [7, 11) is 0. The summed E-state index contributed by atoms with van der Waals surface area (Å²) in [5, 5.41) is 11.9. The molecule has 0 saturated carbocycles. The molecule has 0 aliphatic carbocycles. The lowest BCUT2D eigenvalue weighted by molar-refractivity contribution is -0.119. The molecule has 5 nitrogen and oxygen atoms in total. The van der Waals surface area contributed by atoms with Gasteiger partial charge in [-0.15, -0.1) is 0 Å². The van der Waals surface area contributed by atoms with Crippen LogP contribution in [-0.4, -0.2) is 23.0 Å². The highest BCUT2D eigenvalue weighted by atomic mass is 79.9. The fourth-order valence-electron chi connectivity index (χ4n) is 1.04. The number of primary amides is 1. The van der Waals surface area contributed by atoms with Gasteiger partial charge in [0, 0.05) is 4.47 Å². The average molecular weight is 287 g/mol. The van der Waals surface area contributed by atoms with Gasteiger partial charge >= 0.3 is 0 Å². The fourth-order valence-corrected chi connectivity index (χ4v) is 1.39. The molecule has 1 unspecified atom stereocenters. The number of hydrogen-bond acceptors (Lipinski definition) is 3. The lowest BCUT2D eigenvalue weighted by Gasteiger charge is -2.10. The summed E-state index contributed by atoms with van der Waals surface area (Å²) in [6.45, 7) is 1.47. The van der Waals surface area contributed by atoms with E-state index in [-0.39, 0.29) is 11.3 Å². The highest BCUT2D eigenvalue weighted by Gasteiger charge is 2.16. The number of hydrogen-bond donors (Lipinski definition) is 3. The van der Waals surface area contributed by atoms with Crippen molar-refractivity contribution in [2.24, 2.45) is 5.73 Å². The first-order valence-electron chi connectivity index (χ1n) is 4.50. The van der Waals surface area contributed by atoms with Crippen molar-refractivity contribution in [2.45, 2.75) is 13.0 Å². The van der Waals surface area contributed by atoms with Gasteiger partial charge in [0.1, 0.15) is 11.8 Å². The maximum Gasteiger partial charge on any atom is 0.255 e. The highest BCUT2D eigenvalue weighted by Crippen LogP contribution is 2.22. The van der Waals surface area contributed by atoms with Crippen LogP contribution in [0, 0.1) is 0 Å². The second kappa shape index (κ2) is 4.98. The minimum atomic E-state index is -0.782. The molecular formula is C10H11BrN2O3. The van der Waals surface area contributed by atoms with Crippen LogP contribution in [0.25, 0.3) is 0 Å². The van der Waals surface area contributed by atoms with Crippen molar-refractivity contribution in [1.82, 2.24) is 5.32 Å². The van der Waals surface area contributed by atoms with E-state index in [2.05, 4.69) is 21.2 Å². The third kappa shape index (κ3) is 2.96. The Kier molecular flexibility index (Phi) is 3.89. The number of halogens is 1. The molecule has 1 aromatic rings. The Morgan fingerprint density at radius 3 is 2.62 bits per heavy atom. The Hall–Kier alpha value is -1.56. The quantitative estimate of drug-likeness (QED) is 0.766. The van der Waals surface area contributed by atoms with Crippen LogP contribution in [0.15, 0.2) is 22.7 Å². The maximum atomic E-state index is 11.6. The topological polar surface area (TPSA) is 92.4 Å². The van der Waals surface area contributed by atoms with Crippen molar-refractivity contribution < 1.29 is 14.7 Å². The van der Waals surface area contributed by atoms with Crippen LogP contribution < -0.4 is 11.1 Å².